The molecule has 9 heteroatoms. The van der Waals surface area contributed by atoms with Gasteiger partial charge in [0.2, 0.25) is 0 Å². The summed E-state index contributed by atoms with van der Waals surface area (Å²) < 4.78 is 0. The van der Waals surface area contributed by atoms with Crippen molar-refractivity contribution in [3.63, 3.8) is 0 Å². The van der Waals surface area contributed by atoms with E-state index in [0.717, 1.165) is 0 Å². The Bertz CT molecular complexity index is 270. The maximum atomic E-state index is 5.17. The third kappa shape index (κ3) is 9.85. The summed E-state index contributed by atoms with van der Waals surface area (Å²) in [6.45, 7) is 3.42. The average molecular weight is 296 g/mol. The second kappa shape index (κ2) is 8.83. The summed E-state index contributed by atoms with van der Waals surface area (Å²) in [6.07, 6.45) is 0. The van der Waals surface area contributed by atoms with Crippen LogP contribution in [-0.2, 0) is 41.5 Å². The van der Waals surface area contributed by atoms with Gasteiger partial charge < -0.3 is 21.1 Å². The van der Waals surface area contributed by atoms with Crippen molar-refractivity contribution in [3.8, 4) is 0 Å². The van der Waals surface area contributed by atoms with Gasteiger partial charge in [-0.3, -0.25) is 11.5 Å². The molecule has 15 heavy (non-hydrogen) atoms. The first-order chi connectivity index (χ1) is 6.43. The van der Waals surface area contributed by atoms with Crippen molar-refractivity contribution in [1.82, 2.24) is 0 Å². The Balaban J connectivity index is 0. The second-order valence-corrected chi connectivity index (χ2v) is 3.20. The first kappa shape index (κ1) is 17.0. The van der Waals surface area contributed by atoms with Crippen LogP contribution in [-0.4, -0.2) is 21.6 Å². The Morgan fingerprint density at radius 3 is 1.40 bits per heavy atom. The van der Waals surface area contributed by atoms with Crippen LogP contribution < -0.4 is 11.5 Å². The number of rotatable bonds is 3. The summed E-state index contributed by atoms with van der Waals surface area (Å²) in [5.41, 5.74) is 18.6. The Morgan fingerprint density at radius 2 is 1.20 bits per heavy atom. The smallest absolute Gasteiger partial charge is 0.183 e. The van der Waals surface area contributed by atoms with Crippen LogP contribution in [0.1, 0.15) is 13.8 Å². The normalized spacial score (nSPS) is 11.5. The van der Waals surface area contributed by atoms with Crippen molar-refractivity contribution in [1.29, 1.82) is 0 Å². The van der Waals surface area contributed by atoms with Crippen molar-refractivity contribution < 1.29 is 17.1 Å². The Morgan fingerprint density at radius 1 is 0.933 bits per heavy atom. The van der Waals surface area contributed by atoms with Crippen LogP contribution in [0.15, 0.2) is 10.2 Å². The molecule has 0 heterocycles. The summed E-state index contributed by atoms with van der Waals surface area (Å²) >= 11 is 7.49. The Hall–Kier alpha value is -0.441. The van der Waals surface area contributed by atoms with Crippen LogP contribution in [0.3, 0.4) is 0 Å². The van der Waals surface area contributed by atoms with Crippen LogP contribution >= 0.6 is 0 Å². The third-order valence-electron chi connectivity index (χ3n) is 1.13. The molecule has 0 fully saturated rings. The zero-order valence-electron chi connectivity index (χ0n) is 8.14. The van der Waals surface area contributed by atoms with E-state index in [4.69, 9.17) is 11.5 Å². The zero-order valence-corrected chi connectivity index (χ0v) is 10.9. The number of nitrogens with zero attached hydrogens (tertiary/aromatic N) is 4. The summed E-state index contributed by atoms with van der Waals surface area (Å²) in [4.78, 5) is 0. The molecule has 4 N–H and O–H groups in total. The van der Waals surface area contributed by atoms with E-state index in [0.29, 0.717) is 11.4 Å². The van der Waals surface area contributed by atoms with E-state index in [2.05, 4.69) is 45.5 Å². The SMILES string of the molecule is CC(=N[N-]C(N)=[SH+])C(C)=N[N-]C(N)=[SH+].[Cu]. The molecule has 0 unspecified atom stereocenters. The van der Waals surface area contributed by atoms with Gasteiger partial charge in [0.05, 0.1) is 0 Å². The van der Waals surface area contributed by atoms with E-state index >= 15 is 0 Å². The topological polar surface area (TPSA) is 105 Å². The molecule has 0 aromatic carbocycles. The first-order valence-electron chi connectivity index (χ1n) is 3.57. The van der Waals surface area contributed by atoms with Crippen LogP contribution in [0.25, 0.3) is 10.9 Å². The maximum absolute atomic E-state index is 5.17. The van der Waals surface area contributed by atoms with Gasteiger partial charge in [0.15, 0.2) is 34.7 Å². The molecule has 0 aromatic rings. The van der Waals surface area contributed by atoms with Crippen LogP contribution in [0.4, 0.5) is 0 Å². The average Bonchev–Trinajstić information content (AvgIpc) is 2.09. The molecule has 0 aliphatic heterocycles. The largest absolute Gasteiger partial charge is 0.515 e. The van der Waals surface area contributed by atoms with Gasteiger partial charge in [-0.15, -0.1) is 0 Å². The molecule has 0 aliphatic carbocycles. The molecule has 0 rings (SSSR count). The van der Waals surface area contributed by atoms with Crippen LogP contribution in [0.5, 0.6) is 0 Å². The van der Waals surface area contributed by atoms with Gasteiger partial charge >= 0.3 is 0 Å². The van der Waals surface area contributed by atoms with Gasteiger partial charge in [0, 0.05) is 28.5 Å². The fourth-order valence-corrected chi connectivity index (χ4v) is 0.487. The third-order valence-corrected chi connectivity index (χ3v) is 1.31. The van der Waals surface area contributed by atoms with E-state index in [-0.39, 0.29) is 27.3 Å². The van der Waals surface area contributed by atoms with Crippen LogP contribution in [0, 0.1) is 0 Å². The molecule has 0 saturated carbocycles. The molecule has 0 aliphatic rings. The number of nitrogens with two attached hydrogens (primary N) is 2. The molecule has 0 amide bonds. The van der Waals surface area contributed by atoms with E-state index < -0.39 is 0 Å². The molecular formula is C6H12CuN6S2. The summed E-state index contributed by atoms with van der Waals surface area (Å²) in [7, 11) is 0. The molecule has 0 aromatic heterocycles. The van der Waals surface area contributed by atoms with Gasteiger partial charge in [0.1, 0.15) is 0 Å². The molecular weight excluding hydrogens is 284 g/mol. The molecule has 89 valence electrons. The second-order valence-electron chi connectivity index (χ2n) is 2.29. The van der Waals surface area contributed by atoms with Crippen molar-refractivity contribution >= 4 is 46.1 Å². The molecule has 0 atom stereocenters. The fraction of sp³-hybridized carbons (Fsp3) is 0.333. The van der Waals surface area contributed by atoms with Gasteiger partial charge in [-0.05, 0) is 13.8 Å². The molecule has 0 saturated heterocycles. The van der Waals surface area contributed by atoms with E-state index in [1.54, 1.807) is 13.8 Å². The maximum Gasteiger partial charge on any atom is 0.183 e. The predicted octanol–water partition coefficient (Wildman–Crippen LogP) is -0.866. The van der Waals surface area contributed by atoms with E-state index in [9.17, 15) is 0 Å². The van der Waals surface area contributed by atoms with Crippen molar-refractivity contribution in [2.24, 2.45) is 21.7 Å². The fourth-order valence-electron chi connectivity index (χ4n) is 0.397. The minimum Gasteiger partial charge on any atom is -0.515 e. The molecule has 6 nitrogen and oxygen atoms in total. The van der Waals surface area contributed by atoms with Gasteiger partial charge in [-0.1, -0.05) is 0 Å². The molecule has 0 spiro atoms. The number of thiol groups is 2. The monoisotopic (exact) mass is 295 g/mol. The van der Waals surface area contributed by atoms with Crippen molar-refractivity contribution in [2.75, 3.05) is 0 Å². The predicted molar refractivity (Wildman–Crippen MR) is 68.8 cm³/mol. The Kier molecular flexibility index (Phi) is 10.00. The minimum absolute atomic E-state index is 0. The molecule has 0 bridgehead atoms. The first-order valence-corrected chi connectivity index (χ1v) is 4.46. The minimum atomic E-state index is 0. The number of hydrogen-bond acceptors (Lipinski definition) is 2. The van der Waals surface area contributed by atoms with Gasteiger partial charge in [-0.25, -0.2) is 0 Å². The zero-order chi connectivity index (χ0) is 11.1. The quantitative estimate of drug-likeness (QED) is 0.176. The standard InChI is InChI=1S/C6H12N6S2.Cu/c1-3(9-11-5(7)13)4(2)10-12-6(8)14;/h1-2H3,(H6,7,8,9,10,11,12,13,14);. The van der Waals surface area contributed by atoms with Crippen molar-refractivity contribution in [2.45, 2.75) is 13.8 Å². The van der Waals surface area contributed by atoms with Crippen LogP contribution in [0.2, 0.25) is 0 Å². The molecule has 1 radical (unpaired) electrons. The summed E-state index contributed by atoms with van der Waals surface area (Å²) in [6, 6.07) is 0. The van der Waals surface area contributed by atoms with Gasteiger partial charge in [-0.2, -0.15) is 0 Å². The number of hydrogen-bond donors (Lipinski definition) is 2. The van der Waals surface area contributed by atoms with E-state index in [1.807, 2.05) is 0 Å². The van der Waals surface area contributed by atoms with E-state index in [1.165, 1.54) is 0 Å². The van der Waals surface area contributed by atoms with Gasteiger partial charge in [0.25, 0.3) is 0 Å². The van der Waals surface area contributed by atoms with Crippen molar-refractivity contribution in [3.05, 3.63) is 10.9 Å². The summed E-state index contributed by atoms with van der Waals surface area (Å²) in [5, 5.41) is 7.63. The Labute approximate surface area is 109 Å². The summed E-state index contributed by atoms with van der Waals surface area (Å²) in [5.74, 6) is 0.